The van der Waals surface area contributed by atoms with Crippen LogP contribution < -0.4 is 4.90 Å². The van der Waals surface area contributed by atoms with Crippen LogP contribution in [-0.2, 0) is 0 Å². The van der Waals surface area contributed by atoms with E-state index in [1.165, 1.54) is 17.2 Å². The predicted octanol–water partition coefficient (Wildman–Crippen LogP) is 3.23. The second kappa shape index (κ2) is 5.88. The lowest BCUT2D eigenvalue weighted by atomic mass is 10.1. The van der Waals surface area contributed by atoms with Gasteiger partial charge in [-0.2, -0.15) is 0 Å². The molecule has 0 saturated carbocycles. The van der Waals surface area contributed by atoms with Crippen LogP contribution in [0.3, 0.4) is 0 Å². The number of carbonyl (C=O) groups is 1. The Bertz CT molecular complexity index is 718. The number of aromatic nitrogens is 1. The molecule has 21 heavy (non-hydrogen) atoms. The van der Waals surface area contributed by atoms with Crippen molar-refractivity contribution in [1.29, 1.82) is 0 Å². The Morgan fingerprint density at radius 1 is 1.33 bits per heavy atom. The number of amides is 1. The zero-order valence-electron chi connectivity index (χ0n) is 11.4. The van der Waals surface area contributed by atoms with Gasteiger partial charge in [0.05, 0.1) is 4.92 Å². The Morgan fingerprint density at radius 2 is 2.00 bits per heavy atom. The first-order valence-electron chi connectivity index (χ1n) is 6.06. The van der Waals surface area contributed by atoms with Gasteiger partial charge in [-0.25, -0.2) is 4.98 Å². The summed E-state index contributed by atoms with van der Waals surface area (Å²) < 4.78 is 0. The highest BCUT2D eigenvalue weighted by Gasteiger charge is 2.27. The molecule has 1 aromatic carbocycles. The first-order chi connectivity index (χ1) is 9.93. The van der Waals surface area contributed by atoms with Crippen molar-refractivity contribution in [3.05, 3.63) is 62.9 Å². The van der Waals surface area contributed by atoms with Crippen LogP contribution in [0.2, 0.25) is 5.15 Å². The summed E-state index contributed by atoms with van der Waals surface area (Å²) >= 11 is 5.73. The van der Waals surface area contributed by atoms with Crippen LogP contribution in [0.15, 0.2) is 36.5 Å². The van der Waals surface area contributed by atoms with Gasteiger partial charge in [0.1, 0.15) is 5.56 Å². The minimum absolute atomic E-state index is 0.0919. The van der Waals surface area contributed by atoms with Gasteiger partial charge in [-0.05, 0) is 24.6 Å². The number of carbonyl (C=O) groups excluding carboxylic acids is 1. The fourth-order valence-electron chi connectivity index (χ4n) is 2.00. The SMILES string of the molecule is Cc1ccccc1N(C)C(=O)c1ccnc(Cl)c1[N+](=O)[O-]. The number of rotatable bonds is 3. The van der Waals surface area contributed by atoms with Crippen LogP contribution in [0.4, 0.5) is 11.4 Å². The lowest BCUT2D eigenvalue weighted by molar-refractivity contribution is -0.385. The zero-order chi connectivity index (χ0) is 15.6. The minimum atomic E-state index is -0.700. The molecule has 0 aliphatic heterocycles. The summed E-state index contributed by atoms with van der Waals surface area (Å²) in [6.07, 6.45) is 1.27. The summed E-state index contributed by atoms with van der Waals surface area (Å²) in [4.78, 5) is 27.9. The van der Waals surface area contributed by atoms with E-state index in [1.54, 1.807) is 19.2 Å². The number of hydrogen-bond donors (Lipinski definition) is 0. The van der Waals surface area contributed by atoms with Crippen LogP contribution in [-0.4, -0.2) is 22.9 Å². The number of nitro groups is 1. The van der Waals surface area contributed by atoms with Crippen molar-refractivity contribution in [3.8, 4) is 0 Å². The van der Waals surface area contributed by atoms with E-state index >= 15 is 0 Å². The van der Waals surface area contributed by atoms with Gasteiger partial charge < -0.3 is 4.90 Å². The number of para-hydroxylation sites is 1. The lowest BCUT2D eigenvalue weighted by Crippen LogP contribution is -2.27. The van der Waals surface area contributed by atoms with E-state index in [2.05, 4.69) is 4.98 Å². The molecule has 0 saturated heterocycles. The number of halogens is 1. The van der Waals surface area contributed by atoms with E-state index in [0.717, 1.165) is 5.56 Å². The van der Waals surface area contributed by atoms with Crippen molar-refractivity contribution in [3.63, 3.8) is 0 Å². The van der Waals surface area contributed by atoms with Crippen molar-refractivity contribution in [2.24, 2.45) is 0 Å². The first-order valence-corrected chi connectivity index (χ1v) is 6.44. The molecule has 0 aliphatic rings. The smallest absolute Gasteiger partial charge is 0.311 e. The number of nitrogens with zero attached hydrogens (tertiary/aromatic N) is 3. The van der Waals surface area contributed by atoms with E-state index in [4.69, 9.17) is 11.6 Å². The fraction of sp³-hybridized carbons (Fsp3) is 0.143. The highest BCUT2D eigenvalue weighted by molar-refractivity contribution is 6.32. The minimum Gasteiger partial charge on any atom is -0.311 e. The number of hydrogen-bond acceptors (Lipinski definition) is 4. The largest absolute Gasteiger partial charge is 0.319 e. The monoisotopic (exact) mass is 305 g/mol. The molecule has 7 heteroatoms. The summed E-state index contributed by atoms with van der Waals surface area (Å²) in [6.45, 7) is 1.85. The van der Waals surface area contributed by atoms with E-state index < -0.39 is 16.5 Å². The second-order valence-corrected chi connectivity index (χ2v) is 4.76. The van der Waals surface area contributed by atoms with Crippen molar-refractivity contribution >= 4 is 28.9 Å². The molecule has 0 spiro atoms. The summed E-state index contributed by atoms with van der Waals surface area (Å²) in [7, 11) is 1.56. The van der Waals surface area contributed by atoms with Crippen LogP contribution in [0.25, 0.3) is 0 Å². The average molecular weight is 306 g/mol. The van der Waals surface area contributed by atoms with Crippen molar-refractivity contribution in [2.45, 2.75) is 6.92 Å². The maximum absolute atomic E-state index is 12.5. The Hall–Kier alpha value is -2.47. The molecule has 2 aromatic rings. The van der Waals surface area contributed by atoms with Gasteiger partial charge in [-0.15, -0.1) is 0 Å². The third kappa shape index (κ3) is 2.85. The molecule has 1 amide bonds. The maximum Gasteiger partial charge on any atom is 0.319 e. The number of anilines is 1. The molecule has 108 valence electrons. The number of benzene rings is 1. The highest BCUT2D eigenvalue weighted by atomic mass is 35.5. The van der Waals surface area contributed by atoms with Gasteiger partial charge >= 0.3 is 5.69 Å². The van der Waals surface area contributed by atoms with Gasteiger partial charge in [-0.1, -0.05) is 29.8 Å². The Balaban J connectivity index is 2.48. The molecule has 1 heterocycles. The van der Waals surface area contributed by atoms with Crippen molar-refractivity contribution in [2.75, 3.05) is 11.9 Å². The Kier molecular flexibility index (Phi) is 4.18. The maximum atomic E-state index is 12.5. The molecule has 6 nitrogen and oxygen atoms in total. The second-order valence-electron chi connectivity index (χ2n) is 4.41. The normalized spacial score (nSPS) is 10.2. The summed E-state index contributed by atoms with van der Waals surface area (Å²) in [5.74, 6) is -0.514. The molecule has 0 unspecified atom stereocenters. The molecule has 0 aliphatic carbocycles. The quantitative estimate of drug-likeness (QED) is 0.495. The summed E-state index contributed by atoms with van der Waals surface area (Å²) in [5.41, 5.74) is 0.983. The van der Waals surface area contributed by atoms with E-state index in [0.29, 0.717) is 5.69 Å². The van der Waals surface area contributed by atoms with Gasteiger partial charge in [0, 0.05) is 18.9 Å². The number of pyridine rings is 1. The highest BCUT2D eigenvalue weighted by Crippen LogP contribution is 2.28. The van der Waals surface area contributed by atoms with E-state index in [-0.39, 0.29) is 10.7 Å². The molecule has 0 atom stereocenters. The van der Waals surface area contributed by atoms with Crippen LogP contribution in [0, 0.1) is 17.0 Å². The third-order valence-corrected chi connectivity index (χ3v) is 3.35. The lowest BCUT2D eigenvalue weighted by Gasteiger charge is -2.19. The molecule has 0 bridgehead atoms. The van der Waals surface area contributed by atoms with Gasteiger partial charge in [0.25, 0.3) is 5.91 Å². The van der Waals surface area contributed by atoms with Gasteiger partial charge in [0.15, 0.2) is 0 Å². The molecule has 0 fully saturated rings. The summed E-state index contributed by atoms with van der Waals surface area (Å²) in [6, 6.07) is 8.55. The summed E-state index contributed by atoms with van der Waals surface area (Å²) in [5, 5.41) is 10.8. The zero-order valence-corrected chi connectivity index (χ0v) is 12.2. The Labute approximate surface area is 126 Å². The van der Waals surface area contributed by atoms with Gasteiger partial charge in [0.2, 0.25) is 5.15 Å². The Morgan fingerprint density at radius 3 is 2.62 bits per heavy atom. The third-order valence-electron chi connectivity index (χ3n) is 3.07. The van der Waals surface area contributed by atoms with Crippen molar-refractivity contribution < 1.29 is 9.72 Å². The predicted molar refractivity (Wildman–Crippen MR) is 79.8 cm³/mol. The molecule has 2 rings (SSSR count). The molecule has 1 aromatic heterocycles. The standard InChI is InChI=1S/C14H12ClN3O3/c1-9-5-3-4-6-11(9)17(2)14(19)10-7-8-16-13(15)12(10)18(20)21/h3-8H,1-2H3. The van der Waals surface area contributed by atoms with Crippen LogP contribution in [0.1, 0.15) is 15.9 Å². The molecular formula is C14H12ClN3O3. The van der Waals surface area contributed by atoms with E-state index in [1.807, 2.05) is 19.1 Å². The van der Waals surface area contributed by atoms with Gasteiger partial charge in [-0.3, -0.25) is 14.9 Å². The topological polar surface area (TPSA) is 76.3 Å². The van der Waals surface area contributed by atoms with Crippen molar-refractivity contribution in [1.82, 2.24) is 4.98 Å². The average Bonchev–Trinajstić information content (AvgIpc) is 2.45. The molecular weight excluding hydrogens is 294 g/mol. The first kappa shape index (κ1) is 14.9. The number of aryl methyl sites for hydroxylation is 1. The fourth-order valence-corrected chi connectivity index (χ4v) is 2.23. The molecule has 0 radical (unpaired) electrons. The van der Waals surface area contributed by atoms with Crippen LogP contribution >= 0.6 is 11.6 Å². The molecule has 0 N–H and O–H groups in total. The van der Waals surface area contributed by atoms with E-state index in [9.17, 15) is 14.9 Å². The van der Waals surface area contributed by atoms with Crippen LogP contribution in [0.5, 0.6) is 0 Å².